The second-order valence-electron chi connectivity index (χ2n) is 6.18. The zero-order valence-electron chi connectivity index (χ0n) is 14.7. The highest BCUT2D eigenvalue weighted by Gasteiger charge is 2.24. The number of aryl methyl sites for hydroxylation is 1. The molecule has 0 radical (unpaired) electrons. The van der Waals surface area contributed by atoms with Gasteiger partial charge in [-0.2, -0.15) is 5.10 Å². The lowest BCUT2D eigenvalue weighted by molar-refractivity contribution is 0.0977. The normalized spacial score (nSPS) is 11.5. The van der Waals surface area contributed by atoms with Crippen LogP contribution in [0.2, 0.25) is 0 Å². The molecule has 26 heavy (non-hydrogen) atoms. The zero-order chi connectivity index (χ0) is 18.8. The van der Waals surface area contributed by atoms with Crippen LogP contribution in [0, 0.1) is 11.6 Å². The third-order valence-electron chi connectivity index (χ3n) is 3.91. The maximum atomic E-state index is 14.0. The van der Waals surface area contributed by atoms with Crippen molar-refractivity contribution in [2.24, 2.45) is 7.05 Å². The number of fused-ring (bicyclic) bond motifs is 1. The molecule has 2 heterocycles. The van der Waals surface area contributed by atoms with Crippen LogP contribution in [0.5, 0.6) is 0 Å². The van der Waals surface area contributed by atoms with Gasteiger partial charge in [0.15, 0.2) is 10.9 Å². The van der Waals surface area contributed by atoms with Gasteiger partial charge in [-0.1, -0.05) is 11.3 Å². The van der Waals surface area contributed by atoms with Crippen molar-refractivity contribution in [3.8, 4) is 0 Å². The first kappa shape index (κ1) is 18.4. The largest absolute Gasteiger partial charge is 0.309 e. The van der Waals surface area contributed by atoms with E-state index in [2.05, 4.69) is 10.1 Å². The molecule has 1 amide bonds. The summed E-state index contributed by atoms with van der Waals surface area (Å²) in [6, 6.07) is 3.64. The maximum Gasteiger partial charge on any atom is 0.278 e. The van der Waals surface area contributed by atoms with Crippen LogP contribution in [0.1, 0.15) is 16.9 Å². The molecule has 6 nitrogen and oxygen atoms in total. The van der Waals surface area contributed by atoms with Crippen LogP contribution in [0.4, 0.5) is 13.9 Å². The summed E-state index contributed by atoms with van der Waals surface area (Å²) in [7, 11) is 5.57. The first-order valence-corrected chi connectivity index (χ1v) is 8.88. The molecule has 1 aromatic carbocycles. The first-order chi connectivity index (χ1) is 12.4. The summed E-state index contributed by atoms with van der Waals surface area (Å²) < 4.78 is 29.3. The fourth-order valence-corrected chi connectivity index (χ4v) is 3.64. The lowest BCUT2D eigenvalue weighted by atomic mass is 10.3. The third-order valence-corrected chi connectivity index (χ3v) is 4.93. The van der Waals surface area contributed by atoms with Crippen LogP contribution >= 0.6 is 11.3 Å². The van der Waals surface area contributed by atoms with Crippen molar-refractivity contribution in [1.82, 2.24) is 19.7 Å². The number of nitrogens with zero attached hydrogens (tertiary/aromatic N) is 5. The number of rotatable bonds is 6. The smallest absolute Gasteiger partial charge is 0.278 e. The van der Waals surface area contributed by atoms with Crippen molar-refractivity contribution in [2.45, 2.75) is 6.42 Å². The van der Waals surface area contributed by atoms with E-state index in [1.54, 1.807) is 19.3 Å². The molecule has 0 fully saturated rings. The summed E-state index contributed by atoms with van der Waals surface area (Å²) in [5.74, 6) is -1.67. The van der Waals surface area contributed by atoms with Crippen molar-refractivity contribution in [3.05, 3.63) is 41.7 Å². The predicted octanol–water partition coefficient (Wildman–Crippen LogP) is 2.91. The zero-order valence-corrected chi connectivity index (χ0v) is 15.6. The lowest BCUT2D eigenvalue weighted by Gasteiger charge is -2.20. The molecule has 0 spiro atoms. The van der Waals surface area contributed by atoms with Gasteiger partial charge in [0.1, 0.15) is 17.0 Å². The minimum absolute atomic E-state index is 0.0711. The van der Waals surface area contributed by atoms with Crippen LogP contribution in [-0.4, -0.2) is 52.8 Å². The van der Waals surface area contributed by atoms with Crippen LogP contribution in [0.25, 0.3) is 10.2 Å². The van der Waals surface area contributed by atoms with E-state index >= 15 is 0 Å². The van der Waals surface area contributed by atoms with E-state index in [0.717, 1.165) is 23.9 Å². The van der Waals surface area contributed by atoms with E-state index in [1.807, 2.05) is 19.0 Å². The minimum atomic E-state index is -0.733. The Kier molecular flexibility index (Phi) is 5.28. The number of anilines is 1. The highest BCUT2D eigenvalue weighted by molar-refractivity contribution is 7.22. The molecule has 0 N–H and O–H groups in total. The van der Waals surface area contributed by atoms with Gasteiger partial charge in [0.25, 0.3) is 5.91 Å². The highest BCUT2D eigenvalue weighted by Crippen LogP contribution is 2.32. The van der Waals surface area contributed by atoms with Crippen molar-refractivity contribution in [2.75, 3.05) is 32.1 Å². The summed E-state index contributed by atoms with van der Waals surface area (Å²) in [5.41, 5.74) is 0.475. The van der Waals surface area contributed by atoms with Gasteiger partial charge < -0.3 is 4.90 Å². The Bertz CT molecular complexity index is 937. The summed E-state index contributed by atoms with van der Waals surface area (Å²) in [4.78, 5) is 20.7. The Morgan fingerprint density at radius 1 is 1.27 bits per heavy atom. The molecule has 0 aliphatic rings. The number of benzene rings is 1. The molecule has 0 aliphatic carbocycles. The van der Waals surface area contributed by atoms with E-state index < -0.39 is 11.6 Å². The highest BCUT2D eigenvalue weighted by atomic mass is 32.1. The average Bonchev–Trinajstić information content (AvgIpc) is 3.17. The molecule has 0 unspecified atom stereocenters. The fourth-order valence-electron chi connectivity index (χ4n) is 2.61. The summed E-state index contributed by atoms with van der Waals surface area (Å²) in [6.07, 6.45) is 2.25. The molecular formula is C17H19F2N5OS. The number of aromatic nitrogens is 3. The van der Waals surface area contributed by atoms with E-state index in [0.29, 0.717) is 28.5 Å². The standard InChI is InChI=1S/C17H19F2N5OS/c1-22(2)7-4-8-24(16(25)13-5-6-20-23(13)3)17-21-15-12(19)9-11(18)10-14(15)26-17/h5-6,9-10H,4,7-8H2,1-3H3. The van der Waals surface area contributed by atoms with Crippen molar-refractivity contribution >= 4 is 32.6 Å². The Balaban J connectivity index is 1.98. The molecule has 0 bridgehead atoms. The quantitative estimate of drug-likeness (QED) is 0.661. The van der Waals surface area contributed by atoms with Gasteiger partial charge in [0.2, 0.25) is 0 Å². The van der Waals surface area contributed by atoms with E-state index in [9.17, 15) is 13.6 Å². The van der Waals surface area contributed by atoms with Crippen LogP contribution < -0.4 is 4.90 Å². The van der Waals surface area contributed by atoms with Gasteiger partial charge in [0.05, 0.1) is 4.70 Å². The molecule has 138 valence electrons. The Morgan fingerprint density at radius 3 is 2.69 bits per heavy atom. The average molecular weight is 379 g/mol. The number of hydrogen-bond donors (Lipinski definition) is 0. The van der Waals surface area contributed by atoms with Gasteiger partial charge in [-0.3, -0.25) is 14.4 Å². The molecule has 3 rings (SSSR count). The van der Waals surface area contributed by atoms with Gasteiger partial charge in [0, 0.05) is 25.9 Å². The minimum Gasteiger partial charge on any atom is -0.309 e. The van der Waals surface area contributed by atoms with Crippen LogP contribution in [0.15, 0.2) is 24.4 Å². The number of amides is 1. The molecule has 3 aromatic rings. The number of halogens is 2. The molecule has 0 saturated heterocycles. The van der Waals surface area contributed by atoms with Crippen molar-refractivity contribution in [1.29, 1.82) is 0 Å². The van der Waals surface area contributed by atoms with Gasteiger partial charge >= 0.3 is 0 Å². The summed E-state index contributed by atoms with van der Waals surface area (Å²) in [6.45, 7) is 1.19. The lowest BCUT2D eigenvalue weighted by Crippen LogP contribution is -2.34. The second-order valence-corrected chi connectivity index (χ2v) is 7.19. The predicted molar refractivity (Wildman–Crippen MR) is 97.6 cm³/mol. The Morgan fingerprint density at radius 2 is 2.04 bits per heavy atom. The Labute approximate surface area is 153 Å². The maximum absolute atomic E-state index is 14.0. The van der Waals surface area contributed by atoms with E-state index in [-0.39, 0.29) is 11.4 Å². The van der Waals surface area contributed by atoms with Gasteiger partial charge in [-0.05, 0) is 39.2 Å². The SMILES string of the molecule is CN(C)CCCN(C(=O)c1ccnn1C)c1nc2c(F)cc(F)cc2s1. The topological polar surface area (TPSA) is 54.3 Å². The second kappa shape index (κ2) is 7.46. The molecule has 9 heteroatoms. The van der Waals surface area contributed by atoms with E-state index in [4.69, 9.17) is 0 Å². The summed E-state index contributed by atoms with van der Waals surface area (Å²) in [5, 5.41) is 4.37. The molecule has 0 aliphatic heterocycles. The molecule has 2 aromatic heterocycles. The summed E-state index contributed by atoms with van der Waals surface area (Å²) >= 11 is 1.09. The Hall–Kier alpha value is -2.39. The van der Waals surface area contributed by atoms with Gasteiger partial charge in [-0.25, -0.2) is 13.8 Å². The molecule has 0 saturated carbocycles. The van der Waals surface area contributed by atoms with Crippen molar-refractivity contribution in [3.63, 3.8) is 0 Å². The molecular weight excluding hydrogens is 360 g/mol. The molecule has 0 atom stereocenters. The van der Waals surface area contributed by atoms with Crippen LogP contribution in [-0.2, 0) is 7.05 Å². The monoisotopic (exact) mass is 379 g/mol. The van der Waals surface area contributed by atoms with Crippen molar-refractivity contribution < 1.29 is 13.6 Å². The number of hydrogen-bond acceptors (Lipinski definition) is 5. The van der Waals surface area contributed by atoms with E-state index in [1.165, 1.54) is 15.6 Å². The number of carbonyl (C=O) groups excluding carboxylic acids is 1. The number of thiazole rings is 1. The fraction of sp³-hybridized carbons (Fsp3) is 0.353. The number of carbonyl (C=O) groups is 1. The van der Waals surface area contributed by atoms with Crippen LogP contribution in [0.3, 0.4) is 0 Å². The van der Waals surface area contributed by atoms with Gasteiger partial charge in [-0.15, -0.1) is 0 Å². The first-order valence-electron chi connectivity index (χ1n) is 8.07. The third kappa shape index (κ3) is 3.73.